The maximum Gasteiger partial charge on any atom is 0.335 e. The van der Waals surface area contributed by atoms with Gasteiger partial charge in [0.1, 0.15) is 11.9 Å². The zero-order valence-corrected chi connectivity index (χ0v) is 11.3. The summed E-state index contributed by atoms with van der Waals surface area (Å²) in [5, 5.41) is 0. The van der Waals surface area contributed by atoms with E-state index in [1.807, 2.05) is 19.9 Å². The summed E-state index contributed by atoms with van der Waals surface area (Å²) in [7, 11) is -3.72. The van der Waals surface area contributed by atoms with Gasteiger partial charge in [-0.15, -0.1) is 0 Å². The van der Waals surface area contributed by atoms with Crippen LogP contribution in [0.1, 0.15) is 34.1 Å². The molecule has 4 nitrogen and oxygen atoms in total. The van der Waals surface area contributed by atoms with E-state index in [1.54, 1.807) is 13.8 Å². The smallest absolute Gasteiger partial charge is 0.324 e. The van der Waals surface area contributed by atoms with Gasteiger partial charge in [0.25, 0.3) is 0 Å². The Morgan fingerprint density at radius 2 is 2.06 bits per heavy atom. The Morgan fingerprint density at radius 1 is 1.50 bits per heavy atom. The number of ketones is 1. The summed E-state index contributed by atoms with van der Waals surface area (Å²) in [6, 6.07) is 0. The van der Waals surface area contributed by atoms with E-state index in [2.05, 4.69) is 4.52 Å². The Morgan fingerprint density at radius 3 is 2.50 bits per heavy atom. The number of carbonyl (C=O) groups is 1. The van der Waals surface area contributed by atoms with Crippen LogP contribution in [0.15, 0.2) is 11.6 Å². The van der Waals surface area contributed by atoms with Gasteiger partial charge >= 0.3 is 7.60 Å². The van der Waals surface area contributed by atoms with Gasteiger partial charge in [0, 0.05) is 5.92 Å². The second-order valence-electron chi connectivity index (χ2n) is 4.10. The Balaban J connectivity index is 4.25. The monoisotopic (exact) mass is 248 g/mol. The molecule has 0 rings (SSSR count). The molecule has 0 aliphatic rings. The van der Waals surface area contributed by atoms with E-state index in [0.717, 1.165) is 5.57 Å². The zero-order chi connectivity index (χ0) is 12.8. The number of carbonyl (C=O) groups excluding carboxylic acids is 1. The Labute approximate surface area is 97.2 Å². The van der Waals surface area contributed by atoms with Crippen LogP contribution in [0.4, 0.5) is 0 Å². The van der Waals surface area contributed by atoms with Crippen molar-refractivity contribution in [3.8, 4) is 0 Å². The molecule has 0 aromatic heterocycles. The molecule has 0 heterocycles. The van der Waals surface area contributed by atoms with Crippen LogP contribution in [-0.4, -0.2) is 23.4 Å². The molecule has 0 saturated heterocycles. The Kier molecular flexibility index (Phi) is 6.81. The third-order valence-corrected chi connectivity index (χ3v) is 3.49. The molecular formula is C11H21O4P. The SMILES string of the molecule is CCOP(=O)(O)CC(=O)C(C)CC=C(C)C. The molecule has 94 valence electrons. The fourth-order valence-corrected chi connectivity index (χ4v) is 2.34. The maximum atomic E-state index is 11.6. The first-order valence-electron chi connectivity index (χ1n) is 5.41. The fourth-order valence-electron chi connectivity index (χ4n) is 1.14. The third kappa shape index (κ3) is 6.94. The topological polar surface area (TPSA) is 63.6 Å². The summed E-state index contributed by atoms with van der Waals surface area (Å²) in [6.07, 6.45) is 2.16. The second kappa shape index (κ2) is 7.00. The normalized spacial score (nSPS) is 16.3. The molecule has 0 aliphatic carbocycles. The van der Waals surface area contributed by atoms with Gasteiger partial charge < -0.3 is 9.42 Å². The van der Waals surface area contributed by atoms with Crippen molar-refractivity contribution in [3.05, 3.63) is 11.6 Å². The van der Waals surface area contributed by atoms with Crippen molar-refractivity contribution in [1.82, 2.24) is 0 Å². The summed E-state index contributed by atoms with van der Waals surface area (Å²) in [6.45, 7) is 7.43. The van der Waals surface area contributed by atoms with Crippen molar-refractivity contribution in [1.29, 1.82) is 0 Å². The first-order chi connectivity index (χ1) is 7.28. The minimum atomic E-state index is -3.72. The van der Waals surface area contributed by atoms with Gasteiger partial charge in [-0.2, -0.15) is 0 Å². The van der Waals surface area contributed by atoms with Crippen molar-refractivity contribution in [2.24, 2.45) is 5.92 Å². The van der Waals surface area contributed by atoms with Gasteiger partial charge in [0.2, 0.25) is 0 Å². The number of hydrogen-bond acceptors (Lipinski definition) is 3. The molecule has 0 aromatic carbocycles. The van der Waals surface area contributed by atoms with Crippen molar-refractivity contribution in [2.75, 3.05) is 12.8 Å². The molecule has 0 amide bonds. The molecule has 0 spiro atoms. The summed E-state index contributed by atoms with van der Waals surface area (Å²) in [5.74, 6) is -0.465. The molecule has 1 N–H and O–H groups in total. The van der Waals surface area contributed by atoms with Crippen molar-refractivity contribution in [3.63, 3.8) is 0 Å². The molecule has 0 aliphatic heterocycles. The van der Waals surface area contributed by atoms with Crippen LogP contribution in [-0.2, 0) is 13.9 Å². The first kappa shape index (κ1) is 15.6. The highest BCUT2D eigenvalue weighted by Gasteiger charge is 2.25. The number of Topliss-reactive ketones (excluding diaryl/α,β-unsaturated/α-hetero) is 1. The third-order valence-electron chi connectivity index (χ3n) is 2.12. The number of rotatable bonds is 7. The van der Waals surface area contributed by atoms with Gasteiger partial charge in [-0.05, 0) is 27.2 Å². The second-order valence-corrected chi connectivity index (χ2v) is 5.95. The Hall–Kier alpha value is -0.440. The molecule has 0 saturated carbocycles. The van der Waals surface area contributed by atoms with Crippen LogP contribution in [0.3, 0.4) is 0 Å². The lowest BCUT2D eigenvalue weighted by Gasteiger charge is -2.12. The lowest BCUT2D eigenvalue weighted by molar-refractivity contribution is -0.120. The molecule has 2 atom stereocenters. The largest absolute Gasteiger partial charge is 0.335 e. The van der Waals surface area contributed by atoms with E-state index in [4.69, 9.17) is 0 Å². The van der Waals surface area contributed by atoms with Crippen LogP contribution in [0.2, 0.25) is 0 Å². The fraction of sp³-hybridized carbons (Fsp3) is 0.727. The minimum Gasteiger partial charge on any atom is -0.324 e. The van der Waals surface area contributed by atoms with E-state index >= 15 is 0 Å². The van der Waals surface area contributed by atoms with Gasteiger partial charge in [0.15, 0.2) is 0 Å². The van der Waals surface area contributed by atoms with Gasteiger partial charge in [-0.1, -0.05) is 18.6 Å². The zero-order valence-electron chi connectivity index (χ0n) is 10.4. The standard InChI is InChI=1S/C11H21O4P/c1-5-15-16(13,14)8-11(12)10(4)7-6-9(2)3/h6,10H,5,7-8H2,1-4H3,(H,13,14). The highest BCUT2D eigenvalue weighted by molar-refractivity contribution is 7.53. The summed E-state index contributed by atoms with van der Waals surface area (Å²) in [4.78, 5) is 20.9. The number of hydrogen-bond donors (Lipinski definition) is 1. The summed E-state index contributed by atoms with van der Waals surface area (Å²) < 4.78 is 16.0. The Bertz CT molecular complexity index is 305. The van der Waals surface area contributed by atoms with Gasteiger partial charge in [-0.25, -0.2) is 0 Å². The number of allylic oxidation sites excluding steroid dienone is 2. The van der Waals surface area contributed by atoms with Crippen LogP contribution in [0.25, 0.3) is 0 Å². The predicted octanol–water partition coefficient (Wildman–Crippen LogP) is 2.77. The van der Waals surface area contributed by atoms with Crippen LogP contribution in [0, 0.1) is 5.92 Å². The lowest BCUT2D eigenvalue weighted by atomic mass is 10.0. The molecular weight excluding hydrogens is 227 g/mol. The average molecular weight is 248 g/mol. The van der Waals surface area contributed by atoms with E-state index in [9.17, 15) is 14.3 Å². The first-order valence-corrected chi connectivity index (χ1v) is 7.17. The predicted molar refractivity (Wildman–Crippen MR) is 64.5 cm³/mol. The van der Waals surface area contributed by atoms with Crippen molar-refractivity contribution >= 4 is 13.4 Å². The van der Waals surface area contributed by atoms with E-state index in [1.165, 1.54) is 0 Å². The van der Waals surface area contributed by atoms with E-state index < -0.39 is 13.8 Å². The van der Waals surface area contributed by atoms with Gasteiger partial charge in [0.05, 0.1) is 6.61 Å². The molecule has 0 radical (unpaired) electrons. The summed E-state index contributed by atoms with van der Waals surface area (Å²) in [5.41, 5.74) is 1.14. The molecule has 16 heavy (non-hydrogen) atoms. The highest BCUT2D eigenvalue weighted by atomic mass is 31.2. The minimum absolute atomic E-state index is 0.142. The van der Waals surface area contributed by atoms with Crippen molar-refractivity contribution in [2.45, 2.75) is 34.1 Å². The molecule has 0 aromatic rings. The van der Waals surface area contributed by atoms with E-state index in [0.29, 0.717) is 6.42 Å². The molecule has 2 unspecified atom stereocenters. The van der Waals surface area contributed by atoms with Crippen LogP contribution in [0.5, 0.6) is 0 Å². The molecule has 0 fully saturated rings. The van der Waals surface area contributed by atoms with E-state index in [-0.39, 0.29) is 18.3 Å². The van der Waals surface area contributed by atoms with Crippen LogP contribution < -0.4 is 0 Å². The van der Waals surface area contributed by atoms with Crippen molar-refractivity contribution < 1.29 is 18.8 Å². The lowest BCUT2D eigenvalue weighted by Crippen LogP contribution is -2.15. The average Bonchev–Trinajstić information content (AvgIpc) is 2.12. The van der Waals surface area contributed by atoms with Crippen LogP contribution >= 0.6 is 7.60 Å². The molecule has 5 heteroatoms. The quantitative estimate of drug-likeness (QED) is 0.555. The van der Waals surface area contributed by atoms with Gasteiger partial charge in [-0.3, -0.25) is 9.36 Å². The summed E-state index contributed by atoms with van der Waals surface area (Å²) >= 11 is 0. The highest BCUT2D eigenvalue weighted by Crippen LogP contribution is 2.42. The molecule has 0 bridgehead atoms. The maximum absolute atomic E-state index is 11.6.